The van der Waals surface area contributed by atoms with Crippen LogP contribution in [0.5, 0.6) is 11.5 Å². The van der Waals surface area contributed by atoms with Crippen LogP contribution in [0.2, 0.25) is 0 Å². The van der Waals surface area contributed by atoms with E-state index < -0.39 is 18.0 Å². The first kappa shape index (κ1) is 27.8. The number of rotatable bonds is 10. The zero-order valence-corrected chi connectivity index (χ0v) is 22.9. The van der Waals surface area contributed by atoms with E-state index >= 15 is 0 Å². The normalized spacial score (nSPS) is 13.3. The van der Waals surface area contributed by atoms with Gasteiger partial charge in [0.25, 0.3) is 11.8 Å². The Morgan fingerprint density at radius 1 is 1.08 bits per heavy atom. The highest BCUT2D eigenvalue weighted by atomic mass is 32.1. The Hall–Kier alpha value is -4.18. The van der Waals surface area contributed by atoms with Crippen molar-refractivity contribution >= 4 is 40.3 Å². The Morgan fingerprint density at radius 2 is 1.85 bits per heavy atom. The first-order valence-electron chi connectivity index (χ1n) is 12.8. The lowest BCUT2D eigenvalue weighted by Gasteiger charge is -2.13. The second kappa shape index (κ2) is 13.1. The van der Waals surface area contributed by atoms with Gasteiger partial charge in [0.15, 0.2) is 6.10 Å². The van der Waals surface area contributed by atoms with Gasteiger partial charge in [0, 0.05) is 10.4 Å². The molecular weight excluding hydrogens is 518 g/mol. The molecule has 0 fully saturated rings. The molecule has 1 aliphatic rings. The largest absolute Gasteiger partial charge is 0.497 e. The Morgan fingerprint density at radius 3 is 2.59 bits per heavy atom. The number of esters is 1. The highest BCUT2D eigenvalue weighted by Gasteiger charge is 2.27. The van der Waals surface area contributed by atoms with Crippen LogP contribution in [-0.4, -0.2) is 43.8 Å². The number of ether oxygens (including phenoxy) is 3. The third-order valence-corrected chi connectivity index (χ3v) is 7.37. The van der Waals surface area contributed by atoms with Crippen LogP contribution in [0.25, 0.3) is 0 Å². The summed E-state index contributed by atoms with van der Waals surface area (Å²) in [7, 11) is 1.58. The van der Waals surface area contributed by atoms with Gasteiger partial charge in [-0.05, 0) is 87.1 Å². The quantitative estimate of drug-likeness (QED) is 0.209. The van der Waals surface area contributed by atoms with E-state index in [1.165, 1.54) is 17.6 Å². The average Bonchev–Trinajstić information content (AvgIpc) is 3.31. The molecule has 4 rings (SSSR count). The number of amides is 2. The average molecular weight is 550 g/mol. The minimum atomic E-state index is -0.822. The maximum atomic E-state index is 13.0. The van der Waals surface area contributed by atoms with Crippen LogP contribution in [-0.2, 0) is 22.4 Å². The molecule has 1 heterocycles. The molecule has 1 aliphatic carbocycles. The zero-order valence-electron chi connectivity index (χ0n) is 22.1. The van der Waals surface area contributed by atoms with Crippen LogP contribution in [0.4, 0.5) is 5.00 Å². The number of hydrogen-bond donors (Lipinski definition) is 2. The molecule has 39 heavy (non-hydrogen) atoms. The number of nitrogens with one attached hydrogen (secondary N) is 2. The van der Waals surface area contributed by atoms with E-state index in [1.54, 1.807) is 51.3 Å². The predicted molar refractivity (Wildman–Crippen MR) is 150 cm³/mol. The van der Waals surface area contributed by atoms with Gasteiger partial charge in [0.1, 0.15) is 16.5 Å². The molecule has 0 bridgehead atoms. The molecule has 10 heteroatoms. The molecule has 1 atom stereocenters. The Labute approximate surface area is 231 Å². The van der Waals surface area contributed by atoms with Crippen molar-refractivity contribution in [1.82, 2.24) is 5.43 Å². The van der Waals surface area contributed by atoms with Gasteiger partial charge < -0.3 is 19.5 Å². The Kier molecular flexibility index (Phi) is 9.32. The fraction of sp³-hybridized carbons (Fsp3) is 0.310. The van der Waals surface area contributed by atoms with E-state index in [0.717, 1.165) is 41.7 Å². The summed E-state index contributed by atoms with van der Waals surface area (Å²) in [6.45, 7) is 3.63. The first-order chi connectivity index (χ1) is 18.9. The third kappa shape index (κ3) is 7.02. The number of benzene rings is 2. The van der Waals surface area contributed by atoms with E-state index in [9.17, 15) is 14.4 Å². The number of nitrogens with zero attached hydrogens (tertiary/aromatic N) is 1. The van der Waals surface area contributed by atoms with Crippen molar-refractivity contribution in [3.63, 3.8) is 0 Å². The summed E-state index contributed by atoms with van der Waals surface area (Å²) >= 11 is 1.44. The molecule has 2 amide bonds. The van der Waals surface area contributed by atoms with Crippen LogP contribution in [0, 0.1) is 0 Å². The minimum Gasteiger partial charge on any atom is -0.497 e. The maximum absolute atomic E-state index is 13.0. The van der Waals surface area contributed by atoms with Crippen molar-refractivity contribution in [3.8, 4) is 11.5 Å². The van der Waals surface area contributed by atoms with Crippen molar-refractivity contribution in [3.05, 3.63) is 75.7 Å². The molecule has 0 saturated heterocycles. The number of thiophene rings is 1. The number of aryl methyl sites for hydroxylation is 1. The lowest BCUT2D eigenvalue weighted by atomic mass is 9.95. The first-order valence-corrected chi connectivity index (χ1v) is 13.6. The molecule has 1 aromatic heterocycles. The van der Waals surface area contributed by atoms with E-state index in [2.05, 4.69) is 15.8 Å². The molecular formula is C29H31N3O6S. The van der Waals surface area contributed by atoms with E-state index in [-0.39, 0.29) is 12.5 Å². The summed E-state index contributed by atoms with van der Waals surface area (Å²) in [5.41, 5.74) is 5.08. The molecule has 0 spiro atoms. The van der Waals surface area contributed by atoms with Gasteiger partial charge in [0.2, 0.25) is 0 Å². The van der Waals surface area contributed by atoms with Crippen molar-refractivity contribution < 1.29 is 28.6 Å². The molecule has 1 unspecified atom stereocenters. The fourth-order valence-corrected chi connectivity index (χ4v) is 5.45. The van der Waals surface area contributed by atoms with Gasteiger partial charge in [0.05, 0.1) is 25.5 Å². The molecule has 0 saturated carbocycles. The van der Waals surface area contributed by atoms with E-state index in [4.69, 9.17) is 14.2 Å². The van der Waals surface area contributed by atoms with Gasteiger partial charge in [-0.2, -0.15) is 5.10 Å². The van der Waals surface area contributed by atoms with Gasteiger partial charge in [-0.1, -0.05) is 12.1 Å². The fourth-order valence-electron chi connectivity index (χ4n) is 4.17. The van der Waals surface area contributed by atoms with Gasteiger partial charge in [-0.15, -0.1) is 11.3 Å². The molecule has 0 aliphatic heterocycles. The number of anilines is 1. The minimum absolute atomic E-state index is 0.267. The Balaban J connectivity index is 1.35. The number of methoxy groups -OCH3 is 1. The third-order valence-electron chi connectivity index (χ3n) is 6.16. The summed E-state index contributed by atoms with van der Waals surface area (Å²) in [6, 6.07) is 13.7. The molecule has 0 radical (unpaired) electrons. The van der Waals surface area contributed by atoms with Gasteiger partial charge in [-0.25, -0.2) is 10.2 Å². The zero-order chi connectivity index (χ0) is 27.8. The second-order valence-corrected chi connectivity index (χ2v) is 9.99. The van der Waals surface area contributed by atoms with Gasteiger partial charge in [-0.3, -0.25) is 9.59 Å². The van der Waals surface area contributed by atoms with Crippen LogP contribution < -0.4 is 20.2 Å². The van der Waals surface area contributed by atoms with E-state index in [0.29, 0.717) is 27.6 Å². The lowest BCUT2D eigenvalue weighted by Crippen LogP contribution is -2.33. The van der Waals surface area contributed by atoms with Crippen LogP contribution >= 0.6 is 11.3 Å². The molecule has 9 nitrogen and oxygen atoms in total. The van der Waals surface area contributed by atoms with Crippen molar-refractivity contribution in [2.24, 2.45) is 5.10 Å². The predicted octanol–water partition coefficient (Wildman–Crippen LogP) is 4.98. The SMILES string of the molecule is CCOC(=O)c1c(NC(=O)c2ccc(OC(C)C(=O)N/N=C/c3cccc(OC)c3)cc2)sc2c1CCCC2. The molecule has 204 valence electrons. The highest BCUT2D eigenvalue weighted by molar-refractivity contribution is 7.17. The number of fused-ring (bicyclic) bond motifs is 1. The molecule has 3 aromatic rings. The summed E-state index contributed by atoms with van der Waals surface area (Å²) < 4.78 is 16.1. The summed E-state index contributed by atoms with van der Waals surface area (Å²) in [5, 5.41) is 7.38. The second-order valence-electron chi connectivity index (χ2n) is 8.88. The van der Waals surface area contributed by atoms with Gasteiger partial charge >= 0.3 is 5.97 Å². The van der Waals surface area contributed by atoms with Crippen molar-refractivity contribution in [2.45, 2.75) is 45.6 Å². The topological polar surface area (TPSA) is 115 Å². The van der Waals surface area contributed by atoms with Crippen LogP contribution in [0.15, 0.2) is 53.6 Å². The van der Waals surface area contributed by atoms with Crippen molar-refractivity contribution in [1.29, 1.82) is 0 Å². The number of hydrazone groups is 1. The van der Waals surface area contributed by atoms with Crippen LogP contribution in [0.1, 0.15) is 63.4 Å². The monoisotopic (exact) mass is 549 g/mol. The maximum Gasteiger partial charge on any atom is 0.341 e. The lowest BCUT2D eigenvalue weighted by molar-refractivity contribution is -0.127. The number of hydrogen-bond acceptors (Lipinski definition) is 8. The molecule has 2 N–H and O–H groups in total. The standard InChI is InChI=1S/C29H31N3O6S/c1-4-37-29(35)25-23-10-5-6-11-24(23)39-28(25)31-27(34)20-12-14-21(15-13-20)38-18(2)26(33)32-30-17-19-8-7-9-22(16-19)36-3/h7-9,12-18H,4-6,10-11H2,1-3H3,(H,31,34)(H,32,33)/b30-17+. The van der Waals surface area contributed by atoms with Crippen LogP contribution in [0.3, 0.4) is 0 Å². The van der Waals surface area contributed by atoms with Crippen molar-refractivity contribution in [2.75, 3.05) is 19.0 Å². The summed E-state index contributed by atoms with van der Waals surface area (Å²) in [5.74, 6) is -0.0682. The molecule has 2 aromatic carbocycles. The summed E-state index contributed by atoms with van der Waals surface area (Å²) in [4.78, 5) is 39.2. The van der Waals surface area contributed by atoms with E-state index in [1.807, 2.05) is 18.2 Å². The smallest absolute Gasteiger partial charge is 0.341 e. The summed E-state index contributed by atoms with van der Waals surface area (Å²) in [6.07, 6.45) is 4.47. The highest BCUT2D eigenvalue weighted by Crippen LogP contribution is 2.38. The number of carbonyl (C=O) groups excluding carboxylic acids is 3. The number of carbonyl (C=O) groups is 3. The Bertz CT molecular complexity index is 1370.